The summed E-state index contributed by atoms with van der Waals surface area (Å²) in [6.07, 6.45) is 0. The van der Waals surface area contributed by atoms with Crippen molar-refractivity contribution in [2.24, 2.45) is 0 Å². The van der Waals surface area contributed by atoms with Gasteiger partial charge in [-0.1, -0.05) is 22.0 Å². The number of hydrogen-bond donors (Lipinski definition) is 1. The van der Waals surface area contributed by atoms with Gasteiger partial charge >= 0.3 is 0 Å². The van der Waals surface area contributed by atoms with Crippen LogP contribution in [0.1, 0.15) is 17.9 Å². The van der Waals surface area contributed by atoms with E-state index in [2.05, 4.69) is 21.2 Å². The molecule has 1 unspecified atom stereocenters. The van der Waals surface area contributed by atoms with Gasteiger partial charge in [0.25, 0.3) is 0 Å². The summed E-state index contributed by atoms with van der Waals surface area (Å²) in [4.78, 5) is 11.4. The molecule has 15 heavy (non-hydrogen) atoms. The summed E-state index contributed by atoms with van der Waals surface area (Å²) in [5.41, 5.74) is 0.186. The highest BCUT2D eigenvalue weighted by molar-refractivity contribution is 9.10. The predicted molar refractivity (Wildman–Crippen MR) is 61.4 cm³/mol. The Morgan fingerprint density at radius 2 is 2.33 bits per heavy atom. The second-order valence-corrected chi connectivity index (χ2v) is 4.28. The quantitative estimate of drug-likeness (QED) is 0.853. The van der Waals surface area contributed by atoms with Crippen LogP contribution >= 0.6 is 27.5 Å². The first-order chi connectivity index (χ1) is 7.06. The van der Waals surface area contributed by atoms with Crippen LogP contribution in [-0.4, -0.2) is 12.5 Å². The average Bonchev–Trinajstić information content (AvgIpc) is 2.17. The lowest BCUT2D eigenvalue weighted by atomic mass is 10.1. The molecule has 1 atom stereocenters. The fourth-order valence-corrected chi connectivity index (χ4v) is 1.70. The number of carbonyl (C=O) groups is 1. The number of likely N-dealkylation sites (N-methyl/N-ethyl adjacent to an activating group) is 1. The van der Waals surface area contributed by atoms with Crippen LogP contribution in [0.4, 0.5) is 4.39 Å². The van der Waals surface area contributed by atoms with Gasteiger partial charge in [0.05, 0.1) is 0 Å². The standard InChI is InChI=1S/C10H10BrClFNO/c1-2-14-10(15)9(12)7-4-3-6(11)5-8(7)13/h3-5,9H,2H2,1H3,(H,14,15). The number of carbonyl (C=O) groups excluding carboxylic acids is 1. The predicted octanol–water partition coefficient (Wildman–Crippen LogP) is 3.00. The van der Waals surface area contributed by atoms with E-state index in [0.717, 1.165) is 0 Å². The first-order valence-electron chi connectivity index (χ1n) is 4.43. The molecule has 0 aliphatic rings. The molecule has 0 aliphatic heterocycles. The van der Waals surface area contributed by atoms with Gasteiger partial charge in [-0.2, -0.15) is 0 Å². The molecule has 5 heteroatoms. The van der Waals surface area contributed by atoms with Gasteiger partial charge in [0.1, 0.15) is 11.2 Å². The lowest BCUT2D eigenvalue weighted by Gasteiger charge is -2.10. The van der Waals surface area contributed by atoms with E-state index in [-0.39, 0.29) is 11.5 Å². The molecule has 0 fully saturated rings. The Balaban J connectivity index is 2.91. The van der Waals surface area contributed by atoms with Crippen LogP contribution < -0.4 is 5.32 Å². The van der Waals surface area contributed by atoms with Crippen molar-refractivity contribution >= 4 is 33.4 Å². The van der Waals surface area contributed by atoms with Crippen LogP contribution in [-0.2, 0) is 4.79 Å². The normalized spacial score (nSPS) is 12.3. The Morgan fingerprint density at radius 3 is 2.87 bits per heavy atom. The molecule has 0 bridgehead atoms. The minimum atomic E-state index is -0.988. The molecular weight excluding hydrogens is 284 g/mol. The third-order valence-corrected chi connectivity index (χ3v) is 2.74. The lowest BCUT2D eigenvalue weighted by molar-refractivity contribution is -0.120. The highest BCUT2D eigenvalue weighted by Gasteiger charge is 2.20. The van der Waals surface area contributed by atoms with E-state index in [1.165, 1.54) is 12.1 Å². The highest BCUT2D eigenvalue weighted by Crippen LogP contribution is 2.25. The third kappa shape index (κ3) is 3.18. The minimum absolute atomic E-state index is 0.186. The SMILES string of the molecule is CCNC(=O)C(Cl)c1ccc(Br)cc1F. The third-order valence-electron chi connectivity index (χ3n) is 1.82. The maximum atomic E-state index is 13.4. The van der Waals surface area contributed by atoms with E-state index in [0.29, 0.717) is 11.0 Å². The zero-order valence-electron chi connectivity index (χ0n) is 8.06. The fraction of sp³-hybridized carbons (Fsp3) is 0.300. The molecule has 1 amide bonds. The van der Waals surface area contributed by atoms with Crippen LogP contribution in [0.3, 0.4) is 0 Å². The minimum Gasteiger partial charge on any atom is -0.355 e. The zero-order chi connectivity index (χ0) is 11.4. The fourth-order valence-electron chi connectivity index (χ4n) is 1.11. The molecule has 0 saturated carbocycles. The topological polar surface area (TPSA) is 29.1 Å². The first kappa shape index (κ1) is 12.5. The summed E-state index contributed by atoms with van der Waals surface area (Å²) in [6, 6.07) is 4.42. The Kier molecular flexibility index (Phi) is 4.54. The van der Waals surface area contributed by atoms with E-state index in [4.69, 9.17) is 11.6 Å². The summed E-state index contributed by atoms with van der Waals surface area (Å²) in [5.74, 6) is -0.879. The molecule has 1 N–H and O–H groups in total. The van der Waals surface area contributed by atoms with Crippen LogP contribution in [0, 0.1) is 5.82 Å². The summed E-state index contributed by atoms with van der Waals surface area (Å²) < 4.78 is 14.0. The molecule has 0 aromatic heterocycles. The number of hydrogen-bond acceptors (Lipinski definition) is 1. The second kappa shape index (κ2) is 5.47. The molecule has 0 aliphatic carbocycles. The molecule has 2 nitrogen and oxygen atoms in total. The maximum absolute atomic E-state index is 13.4. The average molecular weight is 295 g/mol. The zero-order valence-corrected chi connectivity index (χ0v) is 10.4. The van der Waals surface area contributed by atoms with Gasteiger partial charge in [-0.3, -0.25) is 4.79 Å². The number of nitrogens with one attached hydrogen (secondary N) is 1. The molecule has 1 aromatic rings. The van der Waals surface area contributed by atoms with E-state index >= 15 is 0 Å². The summed E-state index contributed by atoms with van der Waals surface area (Å²) >= 11 is 8.96. The summed E-state index contributed by atoms with van der Waals surface area (Å²) in [5, 5.41) is 1.55. The number of benzene rings is 1. The molecule has 1 aromatic carbocycles. The van der Waals surface area contributed by atoms with Crippen LogP contribution in [0.25, 0.3) is 0 Å². The summed E-state index contributed by atoms with van der Waals surface area (Å²) in [7, 11) is 0. The van der Waals surface area contributed by atoms with E-state index in [1.807, 2.05) is 0 Å². The van der Waals surface area contributed by atoms with Gasteiger partial charge in [-0.25, -0.2) is 4.39 Å². The van der Waals surface area contributed by atoms with E-state index in [1.54, 1.807) is 13.0 Å². The smallest absolute Gasteiger partial charge is 0.242 e. The number of amides is 1. The van der Waals surface area contributed by atoms with Crippen LogP contribution in [0.5, 0.6) is 0 Å². The van der Waals surface area contributed by atoms with Gasteiger partial charge in [0.15, 0.2) is 0 Å². The van der Waals surface area contributed by atoms with Gasteiger partial charge < -0.3 is 5.32 Å². The maximum Gasteiger partial charge on any atom is 0.242 e. The molecule has 0 radical (unpaired) electrons. The van der Waals surface area contributed by atoms with Crippen molar-refractivity contribution < 1.29 is 9.18 Å². The van der Waals surface area contributed by atoms with Crippen molar-refractivity contribution in [3.63, 3.8) is 0 Å². The molecule has 0 saturated heterocycles. The van der Waals surface area contributed by atoms with Crippen molar-refractivity contribution in [1.82, 2.24) is 5.32 Å². The van der Waals surface area contributed by atoms with Gasteiger partial charge in [0.2, 0.25) is 5.91 Å². The van der Waals surface area contributed by atoms with Crippen LogP contribution in [0.15, 0.2) is 22.7 Å². The second-order valence-electron chi connectivity index (χ2n) is 2.92. The first-order valence-corrected chi connectivity index (χ1v) is 5.66. The van der Waals surface area contributed by atoms with Gasteiger partial charge in [-0.15, -0.1) is 11.6 Å². The Bertz CT molecular complexity index is 372. The highest BCUT2D eigenvalue weighted by atomic mass is 79.9. The lowest BCUT2D eigenvalue weighted by Crippen LogP contribution is -2.26. The molecule has 0 heterocycles. The van der Waals surface area contributed by atoms with Gasteiger partial charge in [-0.05, 0) is 19.1 Å². The molecule has 82 valence electrons. The monoisotopic (exact) mass is 293 g/mol. The molecule has 0 spiro atoms. The summed E-state index contributed by atoms with van der Waals surface area (Å²) in [6.45, 7) is 2.25. The van der Waals surface area contributed by atoms with Crippen molar-refractivity contribution in [3.8, 4) is 0 Å². The van der Waals surface area contributed by atoms with E-state index < -0.39 is 11.2 Å². The van der Waals surface area contributed by atoms with Crippen molar-refractivity contribution in [2.45, 2.75) is 12.3 Å². The van der Waals surface area contributed by atoms with Crippen LogP contribution in [0.2, 0.25) is 0 Å². The van der Waals surface area contributed by atoms with E-state index in [9.17, 15) is 9.18 Å². The molecule has 1 rings (SSSR count). The Morgan fingerprint density at radius 1 is 1.67 bits per heavy atom. The van der Waals surface area contributed by atoms with Crippen molar-refractivity contribution in [1.29, 1.82) is 0 Å². The van der Waals surface area contributed by atoms with Gasteiger partial charge in [0, 0.05) is 16.6 Å². The van der Waals surface area contributed by atoms with Crippen molar-refractivity contribution in [3.05, 3.63) is 34.1 Å². The van der Waals surface area contributed by atoms with Crippen molar-refractivity contribution in [2.75, 3.05) is 6.54 Å². The number of halogens is 3. The molecular formula is C10H10BrClFNO. The Labute approximate surface area is 101 Å². The number of rotatable bonds is 3. The Hall–Kier alpha value is -0.610. The largest absolute Gasteiger partial charge is 0.355 e. The number of alkyl halides is 1.